The van der Waals surface area contributed by atoms with Crippen LogP contribution in [0.1, 0.15) is 11.7 Å². The monoisotopic (exact) mass is 259 g/mol. The van der Waals surface area contributed by atoms with Crippen LogP contribution >= 0.6 is 11.6 Å². The summed E-state index contributed by atoms with van der Waals surface area (Å²) < 4.78 is 6.81. The highest BCUT2D eigenvalue weighted by molar-refractivity contribution is 6.30. The molecule has 0 bridgehead atoms. The van der Waals surface area contributed by atoms with Gasteiger partial charge < -0.3 is 14.4 Å². The molecule has 1 aliphatic heterocycles. The number of halogens is 1. The van der Waals surface area contributed by atoms with Crippen molar-refractivity contribution in [3.05, 3.63) is 17.2 Å². The maximum atomic E-state index is 11.4. The minimum absolute atomic E-state index is 0.365. The summed E-state index contributed by atoms with van der Waals surface area (Å²) in [6.07, 6.45) is 1.52. The summed E-state index contributed by atoms with van der Waals surface area (Å²) in [5.74, 6) is -0.938. The first kappa shape index (κ1) is 12.3. The van der Waals surface area contributed by atoms with Gasteiger partial charge in [0.1, 0.15) is 10.8 Å². The van der Waals surface area contributed by atoms with E-state index in [2.05, 4.69) is 4.98 Å². The van der Waals surface area contributed by atoms with Gasteiger partial charge in [-0.3, -0.25) is 9.69 Å². The van der Waals surface area contributed by atoms with Gasteiger partial charge in [-0.2, -0.15) is 0 Å². The lowest BCUT2D eigenvalue weighted by atomic mass is 10.1. The molecule has 94 valence electrons. The molecule has 17 heavy (non-hydrogen) atoms. The van der Waals surface area contributed by atoms with E-state index >= 15 is 0 Å². The van der Waals surface area contributed by atoms with Crippen molar-refractivity contribution in [2.45, 2.75) is 6.04 Å². The third kappa shape index (κ3) is 2.43. The first-order valence-electron chi connectivity index (χ1n) is 5.32. The second kappa shape index (κ2) is 5.03. The normalized spacial score (nSPS) is 19.2. The van der Waals surface area contributed by atoms with E-state index in [1.807, 2.05) is 4.90 Å². The molecule has 1 fully saturated rings. The van der Waals surface area contributed by atoms with E-state index in [0.717, 1.165) is 0 Å². The van der Waals surface area contributed by atoms with Crippen molar-refractivity contribution in [2.75, 3.05) is 26.3 Å². The number of aryl methyl sites for hydroxylation is 1. The van der Waals surface area contributed by atoms with Gasteiger partial charge >= 0.3 is 5.97 Å². The Morgan fingerprint density at radius 2 is 2.24 bits per heavy atom. The molecule has 1 unspecified atom stereocenters. The minimum atomic E-state index is -0.938. The molecule has 0 saturated carbocycles. The Hall–Kier alpha value is -1.11. The Morgan fingerprint density at radius 3 is 2.71 bits per heavy atom. The highest BCUT2D eigenvalue weighted by Gasteiger charge is 2.32. The summed E-state index contributed by atoms with van der Waals surface area (Å²) in [6.45, 7) is 2.22. The van der Waals surface area contributed by atoms with Gasteiger partial charge in [-0.15, -0.1) is 0 Å². The van der Waals surface area contributed by atoms with Gasteiger partial charge in [-0.1, -0.05) is 11.6 Å². The molecule has 0 aromatic carbocycles. The number of carboxylic acid groups (broad SMARTS) is 1. The zero-order valence-corrected chi connectivity index (χ0v) is 10.2. The predicted molar refractivity (Wildman–Crippen MR) is 61.0 cm³/mol. The van der Waals surface area contributed by atoms with Gasteiger partial charge in [-0.05, 0) is 0 Å². The van der Waals surface area contributed by atoms with E-state index in [0.29, 0.717) is 37.2 Å². The zero-order chi connectivity index (χ0) is 12.4. The Bertz CT molecular complexity index is 415. The highest BCUT2D eigenvalue weighted by Crippen LogP contribution is 2.26. The second-order valence-electron chi connectivity index (χ2n) is 3.92. The van der Waals surface area contributed by atoms with Crippen molar-refractivity contribution >= 4 is 17.6 Å². The molecule has 1 N–H and O–H groups in total. The lowest BCUT2D eigenvalue weighted by molar-refractivity contribution is -0.145. The van der Waals surface area contributed by atoms with Crippen LogP contribution in [0, 0.1) is 0 Å². The van der Waals surface area contributed by atoms with Gasteiger partial charge in [0.2, 0.25) is 0 Å². The summed E-state index contributed by atoms with van der Waals surface area (Å²) >= 11 is 6.05. The number of hydrogen-bond acceptors (Lipinski definition) is 4. The molecule has 0 radical (unpaired) electrons. The van der Waals surface area contributed by atoms with Crippen LogP contribution in [0.2, 0.25) is 5.15 Å². The molecular formula is C10H14ClN3O3. The van der Waals surface area contributed by atoms with Crippen molar-refractivity contribution in [2.24, 2.45) is 7.05 Å². The topological polar surface area (TPSA) is 67.6 Å². The number of morpholine rings is 1. The number of aromatic nitrogens is 2. The fraction of sp³-hybridized carbons (Fsp3) is 0.600. The number of hydrogen-bond donors (Lipinski definition) is 1. The van der Waals surface area contributed by atoms with Crippen LogP contribution in [-0.2, 0) is 16.6 Å². The standard InChI is InChI=1S/C10H14ClN3O3/c1-13-6-12-7(9(13)11)8(10(15)16)14-2-4-17-5-3-14/h6,8H,2-5H2,1H3,(H,15,16). The molecule has 0 amide bonds. The third-order valence-electron chi connectivity index (χ3n) is 2.79. The molecule has 0 aliphatic carbocycles. The quantitative estimate of drug-likeness (QED) is 0.858. The van der Waals surface area contributed by atoms with Gasteiger partial charge in [0.25, 0.3) is 0 Å². The summed E-state index contributed by atoms with van der Waals surface area (Å²) in [4.78, 5) is 17.3. The molecular weight excluding hydrogens is 246 g/mol. The first-order valence-corrected chi connectivity index (χ1v) is 5.70. The highest BCUT2D eigenvalue weighted by atomic mass is 35.5. The lowest BCUT2D eigenvalue weighted by Gasteiger charge is -2.31. The van der Waals surface area contributed by atoms with Crippen LogP contribution in [-0.4, -0.2) is 51.8 Å². The average Bonchev–Trinajstić information content (AvgIpc) is 2.63. The number of imidazole rings is 1. The number of carboxylic acids is 1. The van der Waals surface area contributed by atoms with E-state index in [9.17, 15) is 9.90 Å². The van der Waals surface area contributed by atoms with E-state index in [4.69, 9.17) is 16.3 Å². The minimum Gasteiger partial charge on any atom is -0.480 e. The van der Waals surface area contributed by atoms with Crippen LogP contribution in [0.25, 0.3) is 0 Å². The lowest BCUT2D eigenvalue weighted by Crippen LogP contribution is -2.42. The van der Waals surface area contributed by atoms with Crippen LogP contribution in [0.4, 0.5) is 0 Å². The van der Waals surface area contributed by atoms with Crippen LogP contribution in [0.5, 0.6) is 0 Å². The van der Waals surface area contributed by atoms with E-state index in [1.165, 1.54) is 6.33 Å². The van der Waals surface area contributed by atoms with Gasteiger partial charge in [-0.25, -0.2) is 4.98 Å². The number of rotatable bonds is 3. The summed E-state index contributed by atoms with van der Waals surface area (Å²) in [5, 5.41) is 9.69. The van der Waals surface area contributed by atoms with E-state index in [-0.39, 0.29) is 0 Å². The molecule has 6 nitrogen and oxygen atoms in total. The van der Waals surface area contributed by atoms with Gasteiger partial charge in [0, 0.05) is 20.1 Å². The van der Waals surface area contributed by atoms with Crippen LogP contribution in [0.15, 0.2) is 6.33 Å². The van der Waals surface area contributed by atoms with E-state index in [1.54, 1.807) is 11.6 Å². The maximum absolute atomic E-state index is 11.4. The molecule has 1 aromatic rings. The van der Waals surface area contributed by atoms with Crippen LogP contribution in [0.3, 0.4) is 0 Å². The summed E-state index contributed by atoms with van der Waals surface area (Å²) in [6, 6.07) is -0.799. The number of ether oxygens (including phenoxy) is 1. The number of aliphatic carboxylic acids is 1. The largest absolute Gasteiger partial charge is 0.480 e. The molecule has 1 atom stereocenters. The zero-order valence-electron chi connectivity index (χ0n) is 9.47. The molecule has 1 aliphatic rings. The Balaban J connectivity index is 2.28. The first-order chi connectivity index (χ1) is 8.11. The fourth-order valence-corrected chi connectivity index (χ4v) is 2.09. The Morgan fingerprint density at radius 1 is 1.59 bits per heavy atom. The van der Waals surface area contributed by atoms with Crippen LogP contribution < -0.4 is 0 Å². The average molecular weight is 260 g/mol. The number of nitrogens with zero attached hydrogens (tertiary/aromatic N) is 3. The molecule has 0 spiro atoms. The second-order valence-corrected chi connectivity index (χ2v) is 4.28. The molecule has 2 rings (SSSR count). The van der Waals surface area contributed by atoms with Crippen molar-refractivity contribution < 1.29 is 14.6 Å². The van der Waals surface area contributed by atoms with Crippen molar-refractivity contribution in [3.63, 3.8) is 0 Å². The van der Waals surface area contributed by atoms with Crippen molar-refractivity contribution in [3.8, 4) is 0 Å². The smallest absolute Gasteiger partial charge is 0.327 e. The maximum Gasteiger partial charge on any atom is 0.327 e. The van der Waals surface area contributed by atoms with Gasteiger partial charge in [0.05, 0.1) is 19.5 Å². The molecule has 2 heterocycles. The SMILES string of the molecule is Cn1cnc(C(C(=O)O)N2CCOCC2)c1Cl. The van der Waals surface area contributed by atoms with Gasteiger partial charge in [0.15, 0.2) is 6.04 Å². The molecule has 1 aromatic heterocycles. The molecule has 7 heteroatoms. The third-order valence-corrected chi connectivity index (χ3v) is 3.26. The predicted octanol–water partition coefficient (Wildman–Crippen LogP) is 0.531. The Labute approximate surface area is 104 Å². The Kier molecular flexibility index (Phi) is 3.66. The van der Waals surface area contributed by atoms with E-state index < -0.39 is 12.0 Å². The van der Waals surface area contributed by atoms with Crippen molar-refractivity contribution in [1.82, 2.24) is 14.5 Å². The molecule has 1 saturated heterocycles. The van der Waals surface area contributed by atoms with Crippen molar-refractivity contribution in [1.29, 1.82) is 0 Å². The fourth-order valence-electron chi connectivity index (χ4n) is 1.90. The summed E-state index contributed by atoms with van der Waals surface area (Å²) in [5.41, 5.74) is 0.392. The number of carbonyl (C=O) groups is 1. The summed E-state index contributed by atoms with van der Waals surface area (Å²) in [7, 11) is 1.73.